The third-order valence-electron chi connectivity index (χ3n) is 5.15. The Morgan fingerprint density at radius 2 is 0.636 bits per heavy atom. The zero-order chi connectivity index (χ0) is 36.4. The van der Waals surface area contributed by atoms with Crippen LogP contribution in [0.15, 0.2) is 0 Å². The molecule has 0 aromatic rings. The van der Waals surface area contributed by atoms with E-state index in [-0.39, 0.29) is 0 Å². The van der Waals surface area contributed by atoms with Gasteiger partial charge in [0.1, 0.15) is 0 Å². The molecule has 0 heterocycles. The Morgan fingerprint density at radius 3 is 0.864 bits per heavy atom. The van der Waals surface area contributed by atoms with Crippen molar-refractivity contribution in [2.45, 2.75) is 77.7 Å². The minimum absolute atomic E-state index is 0.406. The first kappa shape index (κ1) is 42.1. The highest BCUT2D eigenvalue weighted by molar-refractivity contribution is 7.99. The number of thioether (sulfide) groups is 1. The van der Waals surface area contributed by atoms with Crippen LogP contribution in [-0.2, 0) is 4.79 Å². The maximum absolute atomic E-state index is 13.7. The zero-order valence-electron chi connectivity index (χ0n) is 19.3. The minimum Gasteiger partial charge on any atom is -0.481 e. The molecule has 2 nitrogen and oxygen atoms in total. The van der Waals surface area contributed by atoms with Gasteiger partial charge in [-0.05, 0) is 5.75 Å². The van der Waals surface area contributed by atoms with Gasteiger partial charge in [-0.1, -0.05) is 0 Å². The second-order valence-corrected chi connectivity index (χ2v) is 9.25. The largest absolute Gasteiger partial charge is 0.481 e. The molecule has 0 saturated carbocycles. The quantitative estimate of drug-likeness (QED) is 0.135. The summed E-state index contributed by atoms with van der Waals surface area (Å²) in [4.78, 5) is 10.2. The first-order valence-corrected chi connectivity index (χ1v) is 10.8. The van der Waals surface area contributed by atoms with Gasteiger partial charge in [-0.15, -0.1) is 11.8 Å². The Kier molecular flexibility index (Phi) is 10.6. The zero-order valence-corrected chi connectivity index (χ0v) is 20.2. The molecule has 0 radical (unpaired) electrons. The summed E-state index contributed by atoms with van der Waals surface area (Å²) < 4.78 is 333. The fourth-order valence-electron chi connectivity index (χ4n) is 2.50. The van der Waals surface area contributed by atoms with Gasteiger partial charge in [-0.2, -0.15) is 110 Å². The van der Waals surface area contributed by atoms with Crippen molar-refractivity contribution < 1.29 is 120 Å². The molecule has 0 aliphatic rings. The SMILES string of the molecule is O=C(O)CSCCC(F)(F)C(F)(F)C(F)(F)C(F)(F)C(F)(F)C(F)(F)C(F)(F)C(F)(F)C(F)(F)C(F)(F)C(F)(F)C(F)(F)F. The Hall–Kier alpha value is -1.93. The van der Waals surface area contributed by atoms with E-state index in [2.05, 4.69) is 0 Å². The van der Waals surface area contributed by atoms with Crippen LogP contribution in [0.3, 0.4) is 0 Å². The van der Waals surface area contributed by atoms with Crippen LogP contribution >= 0.6 is 11.8 Å². The van der Waals surface area contributed by atoms with Crippen molar-refractivity contribution in [2.75, 3.05) is 11.5 Å². The Bertz CT molecular complexity index is 1040. The summed E-state index contributed by atoms with van der Waals surface area (Å²) in [5, 5.41) is 8.18. The van der Waals surface area contributed by atoms with Crippen LogP contribution in [0, 0.1) is 0 Å². The van der Waals surface area contributed by atoms with E-state index in [1.54, 1.807) is 0 Å². The lowest BCUT2D eigenvalue weighted by molar-refractivity contribution is -0.482. The van der Waals surface area contributed by atoms with Crippen molar-refractivity contribution >= 4 is 17.7 Å². The highest BCUT2D eigenvalue weighted by atomic mass is 32.2. The molecule has 28 heteroatoms. The number of hydrogen-bond donors (Lipinski definition) is 1. The Labute approximate surface area is 227 Å². The van der Waals surface area contributed by atoms with Crippen molar-refractivity contribution in [3.63, 3.8) is 0 Å². The highest BCUT2D eigenvalue weighted by Crippen LogP contribution is 2.67. The predicted octanol–water partition coefficient (Wildman–Crippen LogP) is 8.74. The summed E-state index contributed by atoms with van der Waals surface area (Å²) in [6.07, 6.45) is -11.1. The second kappa shape index (κ2) is 11.1. The smallest absolute Gasteiger partial charge is 0.460 e. The van der Waals surface area contributed by atoms with Gasteiger partial charge < -0.3 is 5.11 Å². The summed E-state index contributed by atoms with van der Waals surface area (Å²) in [5.74, 6) is -104. The van der Waals surface area contributed by atoms with Crippen LogP contribution in [0.25, 0.3) is 0 Å². The third kappa shape index (κ3) is 5.54. The van der Waals surface area contributed by atoms with E-state index in [4.69, 9.17) is 5.11 Å². The van der Waals surface area contributed by atoms with Crippen molar-refractivity contribution in [2.24, 2.45) is 0 Å². The molecule has 0 amide bonds. The summed E-state index contributed by atoms with van der Waals surface area (Å²) >= 11 is -0.406. The van der Waals surface area contributed by atoms with Crippen molar-refractivity contribution in [3.8, 4) is 0 Å². The number of rotatable bonds is 15. The van der Waals surface area contributed by atoms with E-state index >= 15 is 0 Å². The molecule has 0 spiro atoms. The summed E-state index contributed by atoms with van der Waals surface area (Å²) in [5.41, 5.74) is 0. The molecule has 0 aliphatic carbocycles. The average molecular weight is 738 g/mol. The van der Waals surface area contributed by atoms with Gasteiger partial charge in [0, 0.05) is 6.42 Å². The molecular weight excluding hydrogens is 731 g/mol. The van der Waals surface area contributed by atoms with Gasteiger partial charge in [0.2, 0.25) is 0 Å². The minimum atomic E-state index is -9.62. The number of carbonyl (C=O) groups is 1. The van der Waals surface area contributed by atoms with Crippen LogP contribution in [0.4, 0.5) is 110 Å². The fourth-order valence-corrected chi connectivity index (χ4v) is 3.22. The van der Waals surface area contributed by atoms with Crippen molar-refractivity contribution in [1.82, 2.24) is 0 Å². The monoisotopic (exact) mass is 738 g/mol. The van der Waals surface area contributed by atoms with Crippen molar-refractivity contribution in [1.29, 1.82) is 0 Å². The maximum Gasteiger partial charge on any atom is 0.460 e. The normalized spacial score (nSPS) is 16.4. The molecular formula is C16H7F25O2S. The molecule has 0 bridgehead atoms. The molecule has 44 heavy (non-hydrogen) atoms. The number of hydrogen-bond acceptors (Lipinski definition) is 2. The van der Waals surface area contributed by atoms with Crippen LogP contribution in [0.2, 0.25) is 0 Å². The summed E-state index contributed by atoms with van der Waals surface area (Å²) in [6.45, 7) is 0. The van der Waals surface area contributed by atoms with Crippen LogP contribution in [0.1, 0.15) is 6.42 Å². The van der Waals surface area contributed by atoms with Gasteiger partial charge in [-0.25, -0.2) is 0 Å². The number of carboxylic acid groups (broad SMARTS) is 1. The number of aliphatic carboxylic acids is 1. The Balaban J connectivity index is 7.09. The molecule has 1 N–H and O–H groups in total. The summed E-state index contributed by atoms with van der Waals surface area (Å²) in [7, 11) is 0. The van der Waals surface area contributed by atoms with Crippen LogP contribution in [0.5, 0.6) is 0 Å². The lowest BCUT2D eigenvalue weighted by atomic mass is 9.84. The molecule has 0 aromatic carbocycles. The van der Waals surface area contributed by atoms with E-state index in [0.717, 1.165) is 0 Å². The number of halogens is 25. The number of carboxylic acids is 1. The molecule has 0 fully saturated rings. The van der Waals surface area contributed by atoms with Gasteiger partial charge in [0.05, 0.1) is 5.75 Å². The molecule has 0 aliphatic heterocycles. The van der Waals surface area contributed by atoms with Gasteiger partial charge in [-0.3, -0.25) is 4.79 Å². The van der Waals surface area contributed by atoms with E-state index < -0.39 is 107 Å². The molecule has 0 saturated heterocycles. The first-order chi connectivity index (χ1) is 18.7. The first-order valence-electron chi connectivity index (χ1n) is 9.69. The van der Waals surface area contributed by atoms with Crippen LogP contribution in [-0.4, -0.2) is 93.9 Å². The van der Waals surface area contributed by atoms with Gasteiger partial charge in [0.15, 0.2) is 0 Å². The second-order valence-electron chi connectivity index (χ2n) is 8.14. The molecule has 0 atom stereocenters. The highest BCUT2D eigenvalue weighted by Gasteiger charge is 2.99. The van der Waals surface area contributed by atoms with Crippen molar-refractivity contribution in [3.05, 3.63) is 0 Å². The summed E-state index contributed by atoms with van der Waals surface area (Å²) in [6, 6.07) is 0. The van der Waals surface area contributed by atoms with E-state index in [9.17, 15) is 115 Å². The lowest BCUT2D eigenvalue weighted by Crippen LogP contribution is -2.78. The topological polar surface area (TPSA) is 37.3 Å². The number of alkyl halides is 25. The van der Waals surface area contributed by atoms with Crippen LogP contribution < -0.4 is 0 Å². The van der Waals surface area contributed by atoms with E-state index in [1.165, 1.54) is 0 Å². The molecule has 264 valence electrons. The molecule has 0 rings (SSSR count). The van der Waals surface area contributed by atoms with Gasteiger partial charge >= 0.3 is 77.3 Å². The third-order valence-corrected chi connectivity index (χ3v) is 6.09. The Morgan fingerprint density at radius 1 is 0.409 bits per heavy atom. The fraction of sp³-hybridized carbons (Fsp3) is 0.938. The average Bonchev–Trinajstić information content (AvgIpc) is 2.79. The maximum atomic E-state index is 13.7. The van der Waals surface area contributed by atoms with Gasteiger partial charge in [0.25, 0.3) is 0 Å². The van der Waals surface area contributed by atoms with E-state index in [1.807, 2.05) is 0 Å². The molecule has 0 aromatic heterocycles. The lowest BCUT2D eigenvalue weighted by Gasteiger charge is -2.45. The van der Waals surface area contributed by atoms with E-state index in [0.29, 0.717) is 0 Å². The standard InChI is InChI=1S/C16H7F25O2S/c17-5(18,1-2-44-3-4(42)43)6(19,20)7(21,22)8(23,24)9(25,26)10(27,28)11(29,30)12(31,32)13(33,34)14(35,36)15(37,38)16(39,40)41/h1-3H2,(H,42,43). The molecule has 0 unspecified atom stereocenters. The predicted molar refractivity (Wildman–Crippen MR) is 90.0 cm³/mol.